The number of nitrogens with one attached hydrogen (secondary N) is 1. The van der Waals surface area contributed by atoms with Gasteiger partial charge < -0.3 is 5.32 Å². The molecule has 0 bridgehead atoms. The van der Waals surface area contributed by atoms with Crippen molar-refractivity contribution in [2.45, 2.75) is 5.16 Å². The first kappa shape index (κ1) is 15.5. The zero-order valence-electron chi connectivity index (χ0n) is 11.7. The normalized spacial score (nSPS) is 11.6. The Morgan fingerprint density at radius 1 is 1.22 bits per heavy atom. The summed E-state index contributed by atoms with van der Waals surface area (Å²) in [5.74, 6) is -0.295. The van der Waals surface area contributed by atoms with E-state index in [2.05, 4.69) is 25.3 Å². The van der Waals surface area contributed by atoms with E-state index in [4.69, 9.17) is 11.6 Å². The molecule has 2 aromatic heterocycles. The lowest BCUT2D eigenvalue weighted by Crippen LogP contribution is -2.06. The number of nitrogens with zero attached hydrogens (tertiary/aromatic N) is 4. The molecule has 7 nitrogen and oxygen atoms in total. The number of aromatic nitrogens is 4. The molecule has 0 radical (unpaired) electrons. The van der Waals surface area contributed by atoms with E-state index in [0.29, 0.717) is 11.2 Å². The Morgan fingerprint density at radius 2 is 2.00 bits per heavy atom. The minimum atomic E-state index is -3.57. The maximum absolute atomic E-state index is 13.2. The summed E-state index contributed by atoms with van der Waals surface area (Å²) in [6.07, 6.45) is 3.58. The van der Waals surface area contributed by atoms with Crippen LogP contribution in [0.2, 0.25) is 5.02 Å². The monoisotopic (exact) mass is 353 g/mol. The highest BCUT2D eigenvalue weighted by Crippen LogP contribution is 2.25. The van der Waals surface area contributed by atoms with E-state index in [0.717, 1.165) is 6.26 Å². The van der Waals surface area contributed by atoms with Gasteiger partial charge in [-0.15, -0.1) is 0 Å². The van der Waals surface area contributed by atoms with Crippen molar-refractivity contribution in [1.29, 1.82) is 0 Å². The topological polar surface area (TPSA) is 97.7 Å². The van der Waals surface area contributed by atoms with Crippen molar-refractivity contribution in [1.82, 2.24) is 19.9 Å². The van der Waals surface area contributed by atoms with Gasteiger partial charge in [0.2, 0.25) is 15.0 Å². The van der Waals surface area contributed by atoms with E-state index >= 15 is 0 Å². The van der Waals surface area contributed by atoms with Crippen molar-refractivity contribution in [3.63, 3.8) is 0 Å². The van der Waals surface area contributed by atoms with Crippen molar-refractivity contribution in [2.24, 2.45) is 0 Å². The number of fused-ring (bicyclic) bond motifs is 1. The molecule has 0 amide bonds. The molecule has 0 spiro atoms. The molecule has 118 valence electrons. The molecule has 0 aliphatic heterocycles. The molecule has 0 saturated carbocycles. The van der Waals surface area contributed by atoms with Crippen LogP contribution in [0.5, 0.6) is 0 Å². The fraction of sp³-hybridized carbons (Fsp3) is 0.0769. The molecule has 23 heavy (non-hydrogen) atoms. The van der Waals surface area contributed by atoms with Crippen LogP contribution < -0.4 is 5.32 Å². The van der Waals surface area contributed by atoms with E-state index in [-0.39, 0.29) is 21.5 Å². The number of hydrogen-bond donors (Lipinski definition) is 1. The first-order valence-electron chi connectivity index (χ1n) is 6.24. The van der Waals surface area contributed by atoms with Crippen LogP contribution in [-0.4, -0.2) is 34.6 Å². The lowest BCUT2D eigenvalue weighted by Gasteiger charge is -2.08. The van der Waals surface area contributed by atoms with Gasteiger partial charge >= 0.3 is 0 Å². The smallest absolute Gasteiger partial charge is 0.247 e. The van der Waals surface area contributed by atoms with Crippen LogP contribution in [0.15, 0.2) is 35.9 Å². The average Bonchev–Trinajstić information content (AvgIpc) is 2.50. The summed E-state index contributed by atoms with van der Waals surface area (Å²) in [6, 6.07) is 4.04. The van der Waals surface area contributed by atoms with E-state index in [1.807, 2.05) is 0 Å². The van der Waals surface area contributed by atoms with Crippen LogP contribution in [0.4, 0.5) is 15.9 Å². The lowest BCUT2D eigenvalue weighted by molar-refractivity contribution is 0.593. The molecular formula is C13H9ClFN5O2S. The summed E-state index contributed by atoms with van der Waals surface area (Å²) >= 11 is 5.73. The molecule has 1 N–H and O–H groups in total. The second kappa shape index (κ2) is 5.67. The fourth-order valence-electron chi connectivity index (χ4n) is 1.82. The van der Waals surface area contributed by atoms with Crippen LogP contribution in [0.3, 0.4) is 0 Å². The van der Waals surface area contributed by atoms with Gasteiger partial charge in [-0.05, 0) is 18.2 Å². The lowest BCUT2D eigenvalue weighted by atomic mass is 10.3. The second-order valence-corrected chi connectivity index (χ2v) is 6.95. The van der Waals surface area contributed by atoms with Gasteiger partial charge in [0.25, 0.3) is 0 Å². The van der Waals surface area contributed by atoms with E-state index in [9.17, 15) is 12.8 Å². The Labute approximate surface area is 135 Å². The molecule has 0 fully saturated rings. The first-order chi connectivity index (χ1) is 10.8. The zero-order valence-corrected chi connectivity index (χ0v) is 13.2. The molecule has 3 aromatic rings. The van der Waals surface area contributed by atoms with Gasteiger partial charge in [0.1, 0.15) is 23.2 Å². The molecule has 0 aliphatic rings. The Hall–Kier alpha value is -2.39. The highest BCUT2D eigenvalue weighted by atomic mass is 35.5. The molecular weight excluding hydrogens is 345 g/mol. The third-order valence-corrected chi connectivity index (χ3v) is 4.02. The zero-order chi connectivity index (χ0) is 16.6. The van der Waals surface area contributed by atoms with Crippen LogP contribution in [-0.2, 0) is 9.84 Å². The fourth-order valence-corrected chi connectivity index (χ4v) is 2.50. The van der Waals surface area contributed by atoms with Gasteiger partial charge in [-0.3, -0.25) is 0 Å². The molecule has 1 aromatic carbocycles. The SMILES string of the molecule is CS(=O)(=O)c1ncc2ncnc(Nc3ccc(F)c(Cl)c3)c2n1. The summed E-state index contributed by atoms with van der Waals surface area (Å²) in [4.78, 5) is 15.8. The molecule has 0 aliphatic carbocycles. The van der Waals surface area contributed by atoms with Gasteiger partial charge in [-0.25, -0.2) is 32.7 Å². The molecule has 0 saturated heterocycles. The Kier molecular flexibility index (Phi) is 3.82. The van der Waals surface area contributed by atoms with Gasteiger partial charge in [0.05, 0.1) is 11.2 Å². The molecule has 3 rings (SSSR count). The third-order valence-electron chi connectivity index (χ3n) is 2.87. The van der Waals surface area contributed by atoms with Gasteiger partial charge in [-0.2, -0.15) is 0 Å². The Morgan fingerprint density at radius 3 is 2.70 bits per heavy atom. The number of benzene rings is 1. The maximum Gasteiger partial charge on any atom is 0.247 e. The van der Waals surface area contributed by atoms with Crippen molar-refractivity contribution in [3.8, 4) is 0 Å². The van der Waals surface area contributed by atoms with Crippen molar-refractivity contribution >= 4 is 44.0 Å². The highest BCUT2D eigenvalue weighted by Gasteiger charge is 2.15. The minimum Gasteiger partial charge on any atom is -0.338 e. The van der Waals surface area contributed by atoms with Crippen molar-refractivity contribution in [2.75, 3.05) is 11.6 Å². The van der Waals surface area contributed by atoms with Crippen LogP contribution in [0.25, 0.3) is 11.0 Å². The van der Waals surface area contributed by atoms with Gasteiger partial charge in [-0.1, -0.05) is 11.6 Å². The largest absolute Gasteiger partial charge is 0.338 e. The number of rotatable bonds is 3. The predicted octanol–water partition coefficient (Wildman–Crippen LogP) is 2.36. The van der Waals surface area contributed by atoms with Crippen LogP contribution >= 0.6 is 11.6 Å². The average molecular weight is 354 g/mol. The maximum atomic E-state index is 13.2. The molecule has 0 atom stereocenters. The summed E-state index contributed by atoms with van der Waals surface area (Å²) in [6.45, 7) is 0. The van der Waals surface area contributed by atoms with Crippen molar-refractivity contribution in [3.05, 3.63) is 41.6 Å². The van der Waals surface area contributed by atoms with Crippen LogP contribution in [0.1, 0.15) is 0 Å². The van der Waals surface area contributed by atoms with Gasteiger partial charge in [0, 0.05) is 11.9 Å². The standard InChI is InChI=1S/C13H9ClFN5O2S/c1-23(21,22)13-16-5-10-11(20-13)12(18-6-17-10)19-7-2-3-9(15)8(14)4-7/h2-6H,1H3,(H,17,18,19). The van der Waals surface area contributed by atoms with E-state index in [1.54, 1.807) is 0 Å². The number of hydrogen-bond acceptors (Lipinski definition) is 7. The summed E-state index contributed by atoms with van der Waals surface area (Å²) in [5.41, 5.74) is 1.06. The predicted molar refractivity (Wildman–Crippen MR) is 82.9 cm³/mol. The molecule has 10 heteroatoms. The van der Waals surface area contributed by atoms with E-state index < -0.39 is 15.7 Å². The number of halogens is 2. The third kappa shape index (κ3) is 3.20. The molecule has 0 unspecified atom stereocenters. The Balaban J connectivity index is 2.11. The summed E-state index contributed by atoms with van der Waals surface area (Å²) < 4.78 is 36.4. The second-order valence-electron chi connectivity index (χ2n) is 4.63. The number of sulfone groups is 1. The van der Waals surface area contributed by atoms with Crippen molar-refractivity contribution < 1.29 is 12.8 Å². The highest BCUT2D eigenvalue weighted by molar-refractivity contribution is 7.90. The first-order valence-corrected chi connectivity index (χ1v) is 8.51. The van der Waals surface area contributed by atoms with E-state index in [1.165, 1.54) is 30.7 Å². The van der Waals surface area contributed by atoms with Gasteiger partial charge in [0.15, 0.2) is 5.82 Å². The summed E-state index contributed by atoms with van der Waals surface area (Å²) in [7, 11) is -3.57. The minimum absolute atomic E-state index is 0.0557. The number of anilines is 2. The quantitative estimate of drug-likeness (QED) is 0.722. The molecule has 2 heterocycles. The Bertz CT molecular complexity index is 1010. The summed E-state index contributed by atoms with van der Waals surface area (Å²) in [5, 5.41) is 2.52. The van der Waals surface area contributed by atoms with Crippen LogP contribution in [0, 0.1) is 5.82 Å².